The lowest BCUT2D eigenvalue weighted by molar-refractivity contribution is 0.251. The number of rotatable bonds is 4. The molecule has 1 fully saturated rings. The number of carbonyl (C=O) groups is 2. The summed E-state index contributed by atoms with van der Waals surface area (Å²) in [5, 5.41) is 10.5. The van der Waals surface area contributed by atoms with Crippen molar-refractivity contribution in [3.05, 3.63) is 54.3 Å². The van der Waals surface area contributed by atoms with Crippen LogP contribution in [-0.2, 0) is 0 Å². The molecule has 2 aromatic carbocycles. The summed E-state index contributed by atoms with van der Waals surface area (Å²) in [6.45, 7) is 0. The third kappa shape index (κ3) is 4.45. The van der Waals surface area contributed by atoms with E-state index in [9.17, 15) is 14.0 Å². The Hall–Kier alpha value is -3.09. The van der Waals surface area contributed by atoms with Crippen LogP contribution >= 0.6 is 0 Å². The Morgan fingerprint density at radius 1 is 0.875 bits per heavy atom. The Morgan fingerprint density at radius 3 is 2.21 bits per heavy atom. The molecule has 2 aromatic rings. The van der Waals surface area contributed by atoms with Gasteiger partial charge in [-0.3, -0.25) is 0 Å². The first-order valence-corrected chi connectivity index (χ1v) is 7.60. The molecule has 1 aliphatic carbocycles. The number of hydrogen-bond acceptors (Lipinski definition) is 2. The van der Waals surface area contributed by atoms with Crippen LogP contribution in [0.2, 0.25) is 0 Å². The fourth-order valence-electron chi connectivity index (χ4n) is 2.10. The normalized spacial score (nSPS) is 13.0. The molecule has 0 aliphatic heterocycles. The van der Waals surface area contributed by atoms with E-state index in [-0.39, 0.29) is 17.8 Å². The Labute approximate surface area is 138 Å². The number of benzene rings is 2. The summed E-state index contributed by atoms with van der Waals surface area (Å²) in [5.74, 6) is -0.514. The second-order valence-electron chi connectivity index (χ2n) is 5.51. The van der Waals surface area contributed by atoms with Crippen LogP contribution in [0.25, 0.3) is 0 Å². The zero-order valence-electron chi connectivity index (χ0n) is 12.8. The molecule has 0 atom stereocenters. The molecule has 6 nitrogen and oxygen atoms in total. The number of amides is 4. The van der Waals surface area contributed by atoms with Gasteiger partial charge in [0.1, 0.15) is 5.82 Å². The number of halogens is 1. The largest absolute Gasteiger partial charge is 0.335 e. The predicted octanol–water partition coefficient (Wildman–Crippen LogP) is 3.75. The van der Waals surface area contributed by atoms with Crippen LogP contribution in [-0.4, -0.2) is 18.1 Å². The summed E-state index contributed by atoms with van der Waals surface area (Å²) in [6, 6.07) is 12.0. The van der Waals surface area contributed by atoms with Crippen LogP contribution in [0, 0.1) is 5.82 Å². The van der Waals surface area contributed by atoms with E-state index in [1.54, 1.807) is 36.4 Å². The summed E-state index contributed by atoms with van der Waals surface area (Å²) >= 11 is 0. The van der Waals surface area contributed by atoms with Crippen molar-refractivity contribution < 1.29 is 14.0 Å². The molecule has 0 aromatic heterocycles. The highest BCUT2D eigenvalue weighted by Crippen LogP contribution is 2.20. The molecule has 24 heavy (non-hydrogen) atoms. The van der Waals surface area contributed by atoms with Crippen molar-refractivity contribution >= 4 is 29.1 Å². The highest BCUT2D eigenvalue weighted by Gasteiger charge is 2.23. The Morgan fingerprint density at radius 2 is 1.54 bits per heavy atom. The van der Waals surface area contributed by atoms with Crippen molar-refractivity contribution in [1.29, 1.82) is 0 Å². The number of urea groups is 2. The summed E-state index contributed by atoms with van der Waals surface area (Å²) in [6.07, 6.45) is 2.01. The fourth-order valence-corrected chi connectivity index (χ4v) is 2.10. The van der Waals surface area contributed by atoms with Crippen LogP contribution in [0.4, 0.5) is 31.0 Å². The van der Waals surface area contributed by atoms with Crippen LogP contribution < -0.4 is 21.3 Å². The molecular weight excluding hydrogens is 311 g/mol. The zero-order valence-corrected chi connectivity index (χ0v) is 12.8. The highest BCUT2D eigenvalue weighted by molar-refractivity contribution is 6.00. The molecule has 124 valence electrons. The van der Waals surface area contributed by atoms with Crippen LogP contribution in [0.1, 0.15) is 12.8 Å². The van der Waals surface area contributed by atoms with E-state index in [1.807, 2.05) is 0 Å². The minimum absolute atomic E-state index is 0.0908. The monoisotopic (exact) mass is 328 g/mol. The van der Waals surface area contributed by atoms with Gasteiger partial charge in [-0.1, -0.05) is 18.2 Å². The van der Waals surface area contributed by atoms with Gasteiger partial charge in [0.2, 0.25) is 0 Å². The molecule has 3 rings (SSSR count). The van der Waals surface area contributed by atoms with E-state index in [1.165, 1.54) is 12.1 Å². The summed E-state index contributed by atoms with van der Waals surface area (Å²) in [7, 11) is 0. The number of carbonyl (C=O) groups excluding carboxylic acids is 2. The SMILES string of the molecule is O=C(Nc1cccc(NC(=O)NC2CC2)c1)Nc1ccccc1F. The molecule has 0 saturated heterocycles. The highest BCUT2D eigenvalue weighted by atomic mass is 19.1. The van der Waals surface area contributed by atoms with Crippen molar-refractivity contribution in [2.75, 3.05) is 16.0 Å². The second kappa shape index (κ2) is 6.99. The van der Waals surface area contributed by atoms with E-state index in [0.29, 0.717) is 11.4 Å². The molecule has 4 amide bonds. The number of anilines is 3. The maximum absolute atomic E-state index is 13.5. The van der Waals surface area contributed by atoms with Gasteiger partial charge in [-0.2, -0.15) is 0 Å². The minimum Gasteiger partial charge on any atom is -0.335 e. The van der Waals surface area contributed by atoms with E-state index in [2.05, 4.69) is 21.3 Å². The average Bonchev–Trinajstić information content (AvgIpc) is 3.33. The van der Waals surface area contributed by atoms with Crippen molar-refractivity contribution in [2.24, 2.45) is 0 Å². The molecule has 7 heteroatoms. The van der Waals surface area contributed by atoms with Gasteiger partial charge in [-0.25, -0.2) is 14.0 Å². The van der Waals surface area contributed by atoms with Gasteiger partial charge in [0.25, 0.3) is 0 Å². The first-order valence-electron chi connectivity index (χ1n) is 7.60. The Balaban J connectivity index is 1.58. The average molecular weight is 328 g/mol. The minimum atomic E-state index is -0.570. The van der Waals surface area contributed by atoms with Crippen LogP contribution in [0.5, 0.6) is 0 Å². The Bertz CT molecular complexity index is 762. The predicted molar refractivity (Wildman–Crippen MR) is 90.7 cm³/mol. The van der Waals surface area contributed by atoms with Gasteiger partial charge in [0.15, 0.2) is 0 Å². The maximum Gasteiger partial charge on any atom is 0.323 e. The molecule has 0 bridgehead atoms. The fraction of sp³-hybridized carbons (Fsp3) is 0.176. The van der Waals surface area contributed by atoms with Crippen molar-refractivity contribution in [2.45, 2.75) is 18.9 Å². The first-order chi connectivity index (χ1) is 11.6. The van der Waals surface area contributed by atoms with E-state index in [4.69, 9.17) is 0 Å². The van der Waals surface area contributed by atoms with E-state index < -0.39 is 11.8 Å². The van der Waals surface area contributed by atoms with Gasteiger partial charge < -0.3 is 21.3 Å². The van der Waals surface area contributed by atoms with E-state index in [0.717, 1.165) is 12.8 Å². The van der Waals surface area contributed by atoms with Gasteiger partial charge in [-0.15, -0.1) is 0 Å². The molecule has 0 unspecified atom stereocenters. The van der Waals surface area contributed by atoms with E-state index >= 15 is 0 Å². The third-order valence-electron chi connectivity index (χ3n) is 3.41. The molecule has 0 radical (unpaired) electrons. The van der Waals surface area contributed by atoms with Crippen molar-refractivity contribution in [1.82, 2.24) is 5.32 Å². The van der Waals surface area contributed by atoms with Gasteiger partial charge >= 0.3 is 12.1 Å². The van der Waals surface area contributed by atoms with Gasteiger partial charge in [-0.05, 0) is 43.2 Å². The molecular formula is C17H17FN4O2. The quantitative estimate of drug-likeness (QED) is 0.689. The molecule has 4 N–H and O–H groups in total. The number of hydrogen-bond donors (Lipinski definition) is 4. The number of para-hydroxylation sites is 1. The van der Waals surface area contributed by atoms with Crippen molar-refractivity contribution in [3.63, 3.8) is 0 Å². The molecule has 1 aliphatic rings. The number of nitrogens with one attached hydrogen (secondary N) is 4. The Kier molecular flexibility index (Phi) is 4.60. The lowest BCUT2D eigenvalue weighted by Crippen LogP contribution is -2.30. The lowest BCUT2D eigenvalue weighted by Gasteiger charge is -2.10. The van der Waals surface area contributed by atoms with Crippen LogP contribution in [0.3, 0.4) is 0 Å². The summed E-state index contributed by atoms with van der Waals surface area (Å²) in [4.78, 5) is 23.6. The molecule has 0 heterocycles. The maximum atomic E-state index is 13.5. The lowest BCUT2D eigenvalue weighted by atomic mass is 10.2. The topological polar surface area (TPSA) is 82.3 Å². The second-order valence-corrected chi connectivity index (χ2v) is 5.51. The van der Waals surface area contributed by atoms with Gasteiger partial charge in [0, 0.05) is 17.4 Å². The molecule has 0 spiro atoms. The molecule has 1 saturated carbocycles. The van der Waals surface area contributed by atoms with Crippen molar-refractivity contribution in [3.8, 4) is 0 Å². The summed E-state index contributed by atoms with van der Waals surface area (Å²) < 4.78 is 13.5. The first kappa shape index (κ1) is 15.8. The zero-order chi connectivity index (χ0) is 16.9. The van der Waals surface area contributed by atoms with Crippen LogP contribution in [0.15, 0.2) is 48.5 Å². The van der Waals surface area contributed by atoms with Gasteiger partial charge in [0.05, 0.1) is 5.69 Å². The third-order valence-corrected chi connectivity index (χ3v) is 3.41. The smallest absolute Gasteiger partial charge is 0.323 e. The summed E-state index contributed by atoms with van der Waals surface area (Å²) in [5.41, 5.74) is 1.12. The standard InChI is InChI=1S/C17H17FN4O2/c18-14-6-1-2-7-15(14)22-17(24)21-13-5-3-4-12(10-13)20-16(23)19-11-8-9-11/h1-7,10-11H,8-9H2,(H2,19,20,23)(H2,21,22,24).